The van der Waals surface area contributed by atoms with Crippen molar-refractivity contribution in [3.8, 4) is 0 Å². The van der Waals surface area contributed by atoms with Crippen LogP contribution in [0.1, 0.15) is 20.3 Å². The van der Waals surface area contributed by atoms with Crippen LogP contribution in [0.5, 0.6) is 0 Å². The first-order valence-corrected chi connectivity index (χ1v) is 5.62. The van der Waals surface area contributed by atoms with Gasteiger partial charge in [0.15, 0.2) is 0 Å². The van der Waals surface area contributed by atoms with Crippen molar-refractivity contribution in [3.63, 3.8) is 0 Å². The molecule has 2 heterocycles. The summed E-state index contributed by atoms with van der Waals surface area (Å²) in [7, 11) is 0. The average Bonchev–Trinajstić information content (AvgIpc) is 2.51. The highest BCUT2D eigenvalue weighted by Crippen LogP contribution is 2.37. The maximum absolute atomic E-state index is 5.53. The van der Waals surface area contributed by atoms with Crippen LogP contribution in [0.15, 0.2) is 0 Å². The van der Waals surface area contributed by atoms with Gasteiger partial charge in [-0.15, -0.1) is 0 Å². The van der Waals surface area contributed by atoms with Crippen LogP contribution in [-0.2, 0) is 9.47 Å². The molecule has 3 heteroatoms. The van der Waals surface area contributed by atoms with Crippen molar-refractivity contribution in [1.29, 1.82) is 0 Å². The van der Waals surface area contributed by atoms with Gasteiger partial charge in [-0.1, -0.05) is 0 Å². The van der Waals surface area contributed by atoms with E-state index in [9.17, 15) is 0 Å². The minimum Gasteiger partial charge on any atom is -0.381 e. The molecule has 0 aromatic heterocycles. The predicted molar refractivity (Wildman–Crippen MR) is 55.4 cm³/mol. The molecule has 0 radical (unpaired) electrons. The van der Waals surface area contributed by atoms with Crippen molar-refractivity contribution in [3.05, 3.63) is 0 Å². The fourth-order valence-electron chi connectivity index (χ4n) is 2.38. The molecule has 0 unspecified atom stereocenters. The molecular formula is C11H21NO2. The Hall–Kier alpha value is -0.120. The predicted octanol–water partition coefficient (Wildman–Crippen LogP) is 1.13. The molecule has 1 spiro atoms. The van der Waals surface area contributed by atoms with Crippen LogP contribution in [0.3, 0.4) is 0 Å². The molecule has 0 amide bonds. The molecule has 2 saturated heterocycles. The molecule has 2 rings (SSSR count). The van der Waals surface area contributed by atoms with E-state index in [1.807, 2.05) is 0 Å². The summed E-state index contributed by atoms with van der Waals surface area (Å²) in [5.41, 5.74) is 0.526. The lowest BCUT2D eigenvalue weighted by Crippen LogP contribution is -2.57. The van der Waals surface area contributed by atoms with Crippen LogP contribution >= 0.6 is 0 Å². The summed E-state index contributed by atoms with van der Waals surface area (Å²) in [6.45, 7) is 10.5. The monoisotopic (exact) mass is 199 g/mol. The zero-order chi connectivity index (χ0) is 10.0. The largest absolute Gasteiger partial charge is 0.381 e. The zero-order valence-corrected chi connectivity index (χ0v) is 9.29. The summed E-state index contributed by atoms with van der Waals surface area (Å²) in [6.07, 6.45) is 1.62. The lowest BCUT2D eigenvalue weighted by atomic mass is 9.79. The van der Waals surface area contributed by atoms with E-state index in [2.05, 4.69) is 18.7 Å². The van der Waals surface area contributed by atoms with Crippen LogP contribution in [0.25, 0.3) is 0 Å². The van der Waals surface area contributed by atoms with Gasteiger partial charge in [-0.05, 0) is 20.3 Å². The highest BCUT2D eigenvalue weighted by atomic mass is 16.5. The van der Waals surface area contributed by atoms with Gasteiger partial charge in [-0.25, -0.2) is 0 Å². The molecule has 0 aromatic rings. The Balaban J connectivity index is 1.58. The quantitative estimate of drug-likeness (QED) is 0.677. The van der Waals surface area contributed by atoms with Crippen LogP contribution in [0, 0.1) is 5.41 Å². The van der Waals surface area contributed by atoms with Gasteiger partial charge in [0, 0.05) is 31.7 Å². The molecule has 0 aromatic carbocycles. The van der Waals surface area contributed by atoms with E-state index in [-0.39, 0.29) is 0 Å². The summed E-state index contributed by atoms with van der Waals surface area (Å²) in [6, 6.07) is 0. The minimum atomic E-state index is 0.361. The molecule has 3 nitrogen and oxygen atoms in total. The van der Waals surface area contributed by atoms with E-state index in [0.717, 1.165) is 26.4 Å². The molecule has 0 N–H and O–H groups in total. The first-order chi connectivity index (χ1) is 6.70. The highest BCUT2D eigenvalue weighted by Gasteiger charge is 2.45. The Morgan fingerprint density at radius 1 is 1.43 bits per heavy atom. The van der Waals surface area contributed by atoms with Crippen molar-refractivity contribution in [2.75, 3.05) is 39.5 Å². The molecule has 0 aliphatic carbocycles. The molecular weight excluding hydrogens is 178 g/mol. The smallest absolute Gasteiger partial charge is 0.0596 e. The molecule has 14 heavy (non-hydrogen) atoms. The van der Waals surface area contributed by atoms with E-state index >= 15 is 0 Å². The highest BCUT2D eigenvalue weighted by molar-refractivity contribution is 4.97. The SMILES string of the molecule is CC(C)OCCN1CC2(CCOC2)C1. The first kappa shape index (κ1) is 10.4. The Labute approximate surface area is 86.4 Å². The van der Waals surface area contributed by atoms with E-state index in [0.29, 0.717) is 11.5 Å². The molecule has 2 aliphatic heterocycles. The van der Waals surface area contributed by atoms with Crippen molar-refractivity contribution in [2.45, 2.75) is 26.4 Å². The minimum absolute atomic E-state index is 0.361. The maximum atomic E-state index is 5.53. The summed E-state index contributed by atoms with van der Waals surface area (Å²) in [5, 5.41) is 0. The summed E-state index contributed by atoms with van der Waals surface area (Å²) < 4.78 is 11.0. The van der Waals surface area contributed by atoms with Crippen molar-refractivity contribution < 1.29 is 9.47 Å². The second-order valence-electron chi connectivity index (χ2n) is 4.93. The Morgan fingerprint density at radius 2 is 2.21 bits per heavy atom. The number of likely N-dealkylation sites (tertiary alicyclic amines) is 1. The average molecular weight is 199 g/mol. The molecule has 2 fully saturated rings. The van der Waals surface area contributed by atoms with Crippen molar-refractivity contribution in [1.82, 2.24) is 4.90 Å². The maximum Gasteiger partial charge on any atom is 0.0596 e. The summed E-state index contributed by atoms with van der Waals surface area (Å²) in [4.78, 5) is 2.47. The van der Waals surface area contributed by atoms with Crippen LogP contribution in [0.2, 0.25) is 0 Å². The van der Waals surface area contributed by atoms with Crippen LogP contribution in [0.4, 0.5) is 0 Å². The second-order valence-corrected chi connectivity index (χ2v) is 4.93. The second kappa shape index (κ2) is 4.17. The van der Waals surface area contributed by atoms with Gasteiger partial charge >= 0.3 is 0 Å². The standard InChI is InChI=1S/C11H21NO2/c1-10(2)14-6-4-12-7-11(8-12)3-5-13-9-11/h10H,3-9H2,1-2H3. The van der Waals surface area contributed by atoms with Crippen molar-refractivity contribution >= 4 is 0 Å². The molecule has 82 valence electrons. The van der Waals surface area contributed by atoms with E-state index in [1.54, 1.807) is 0 Å². The first-order valence-electron chi connectivity index (χ1n) is 5.62. The third-order valence-corrected chi connectivity index (χ3v) is 3.16. The lowest BCUT2D eigenvalue weighted by molar-refractivity contribution is -0.0309. The van der Waals surface area contributed by atoms with E-state index < -0.39 is 0 Å². The van der Waals surface area contributed by atoms with Gasteiger partial charge in [0.05, 0.1) is 19.3 Å². The van der Waals surface area contributed by atoms with Gasteiger partial charge in [-0.3, -0.25) is 4.90 Å². The Morgan fingerprint density at radius 3 is 2.79 bits per heavy atom. The lowest BCUT2D eigenvalue weighted by Gasteiger charge is -2.47. The Bertz CT molecular complexity index is 180. The fraction of sp³-hybridized carbons (Fsp3) is 1.00. The fourth-order valence-corrected chi connectivity index (χ4v) is 2.38. The van der Waals surface area contributed by atoms with Gasteiger partial charge in [0.25, 0.3) is 0 Å². The zero-order valence-electron chi connectivity index (χ0n) is 9.29. The normalized spacial score (nSPS) is 25.9. The molecule has 0 bridgehead atoms. The van der Waals surface area contributed by atoms with Crippen LogP contribution in [-0.4, -0.2) is 50.5 Å². The van der Waals surface area contributed by atoms with E-state index in [1.165, 1.54) is 19.5 Å². The van der Waals surface area contributed by atoms with Gasteiger partial charge in [0.1, 0.15) is 0 Å². The third kappa shape index (κ3) is 2.27. The number of ether oxygens (including phenoxy) is 2. The topological polar surface area (TPSA) is 21.7 Å². The van der Waals surface area contributed by atoms with Gasteiger partial charge in [0.2, 0.25) is 0 Å². The Kier molecular flexibility index (Phi) is 3.10. The summed E-state index contributed by atoms with van der Waals surface area (Å²) >= 11 is 0. The van der Waals surface area contributed by atoms with Crippen molar-refractivity contribution in [2.24, 2.45) is 5.41 Å². The number of nitrogens with zero attached hydrogens (tertiary/aromatic N) is 1. The third-order valence-electron chi connectivity index (χ3n) is 3.16. The van der Waals surface area contributed by atoms with Gasteiger partial charge in [-0.2, -0.15) is 0 Å². The molecule has 0 atom stereocenters. The molecule has 0 saturated carbocycles. The van der Waals surface area contributed by atoms with E-state index in [4.69, 9.17) is 9.47 Å². The number of hydrogen-bond donors (Lipinski definition) is 0. The number of hydrogen-bond acceptors (Lipinski definition) is 3. The summed E-state index contributed by atoms with van der Waals surface area (Å²) in [5.74, 6) is 0. The number of rotatable bonds is 4. The van der Waals surface area contributed by atoms with Crippen LogP contribution < -0.4 is 0 Å². The molecule has 2 aliphatic rings. The van der Waals surface area contributed by atoms with Gasteiger partial charge < -0.3 is 9.47 Å².